The molecule has 0 radical (unpaired) electrons. The fourth-order valence-electron chi connectivity index (χ4n) is 4.60. The van der Waals surface area contributed by atoms with E-state index in [2.05, 4.69) is 10.00 Å². The van der Waals surface area contributed by atoms with Crippen molar-refractivity contribution in [2.75, 3.05) is 13.1 Å². The summed E-state index contributed by atoms with van der Waals surface area (Å²) in [6.07, 6.45) is 3.87. The third-order valence-corrected chi connectivity index (χ3v) is 8.31. The number of fused-ring (bicyclic) bond motifs is 3. The molecule has 2 atom stereocenters. The van der Waals surface area contributed by atoms with E-state index >= 15 is 0 Å². The highest BCUT2D eigenvalue weighted by Gasteiger charge is 2.50. The molecular weight excluding hydrogens is 389 g/mol. The molecule has 29 heavy (non-hydrogen) atoms. The minimum Gasteiger partial charge on any atom is -0.297 e. The normalized spacial score (nSPS) is 22.6. The highest BCUT2D eigenvalue weighted by Crippen LogP contribution is 2.46. The number of hydrogen-bond donors (Lipinski definition) is 0. The van der Waals surface area contributed by atoms with Gasteiger partial charge in [0.1, 0.15) is 5.82 Å². The van der Waals surface area contributed by atoms with E-state index < -0.39 is 15.1 Å². The second-order valence-corrected chi connectivity index (χ2v) is 9.98. The highest BCUT2D eigenvalue weighted by molar-refractivity contribution is 7.92. The zero-order chi connectivity index (χ0) is 20.2. The van der Waals surface area contributed by atoms with E-state index in [0.29, 0.717) is 24.5 Å². The van der Waals surface area contributed by atoms with E-state index in [9.17, 15) is 12.8 Å². The van der Waals surface area contributed by atoms with E-state index in [0.717, 1.165) is 28.8 Å². The lowest BCUT2D eigenvalue weighted by molar-refractivity contribution is 0.325. The number of aryl methyl sites for hydroxylation is 1. The Kier molecular flexibility index (Phi) is 4.33. The maximum atomic E-state index is 13.3. The molecule has 1 saturated heterocycles. The second kappa shape index (κ2) is 6.78. The number of hydrogen-bond acceptors (Lipinski definition) is 4. The maximum Gasteiger partial charge on any atom is 0.183 e. The van der Waals surface area contributed by atoms with Crippen LogP contribution in [0.5, 0.6) is 0 Å². The SMILES string of the molecule is CCn1cc(CN2C[C@@H]3[C@@H](C2)c2cc(-c4ccc(F)cc4)ccc2S3(=O)=O)cn1. The van der Waals surface area contributed by atoms with Crippen LogP contribution in [0.25, 0.3) is 11.1 Å². The number of sulfone groups is 1. The topological polar surface area (TPSA) is 55.2 Å². The zero-order valence-electron chi connectivity index (χ0n) is 16.1. The van der Waals surface area contributed by atoms with Gasteiger partial charge in [0, 0.05) is 43.9 Å². The van der Waals surface area contributed by atoms with Gasteiger partial charge in [-0.2, -0.15) is 5.10 Å². The van der Waals surface area contributed by atoms with E-state index in [4.69, 9.17) is 0 Å². The average Bonchev–Trinajstić information content (AvgIpc) is 3.39. The van der Waals surface area contributed by atoms with Gasteiger partial charge >= 0.3 is 0 Å². The highest BCUT2D eigenvalue weighted by atomic mass is 32.2. The molecule has 0 N–H and O–H groups in total. The van der Waals surface area contributed by atoms with Gasteiger partial charge in [-0.1, -0.05) is 18.2 Å². The lowest BCUT2D eigenvalue weighted by atomic mass is 9.94. The molecule has 3 aromatic rings. The van der Waals surface area contributed by atoms with Crippen molar-refractivity contribution in [3.8, 4) is 11.1 Å². The molecule has 0 amide bonds. The van der Waals surface area contributed by atoms with Crippen molar-refractivity contribution in [3.05, 3.63) is 71.8 Å². The number of aromatic nitrogens is 2. The largest absolute Gasteiger partial charge is 0.297 e. The van der Waals surface area contributed by atoms with Crippen molar-refractivity contribution in [3.63, 3.8) is 0 Å². The average molecular weight is 412 g/mol. The number of rotatable bonds is 4. The Morgan fingerprint density at radius 3 is 2.59 bits per heavy atom. The molecule has 0 spiro atoms. The molecule has 2 aromatic carbocycles. The van der Waals surface area contributed by atoms with Gasteiger partial charge in [0.25, 0.3) is 0 Å². The Morgan fingerprint density at radius 2 is 1.86 bits per heavy atom. The summed E-state index contributed by atoms with van der Waals surface area (Å²) in [6, 6.07) is 11.8. The molecule has 5 rings (SSSR count). The Hall–Kier alpha value is -2.51. The van der Waals surface area contributed by atoms with Gasteiger partial charge in [0.2, 0.25) is 0 Å². The van der Waals surface area contributed by atoms with Crippen LogP contribution in [0.3, 0.4) is 0 Å². The van der Waals surface area contributed by atoms with E-state index in [1.165, 1.54) is 12.1 Å². The molecule has 1 aromatic heterocycles. The van der Waals surface area contributed by atoms with Crippen molar-refractivity contribution in [1.82, 2.24) is 14.7 Å². The van der Waals surface area contributed by atoms with Crippen LogP contribution in [0.1, 0.15) is 24.0 Å². The molecule has 5 nitrogen and oxygen atoms in total. The van der Waals surface area contributed by atoms with Gasteiger partial charge in [-0.25, -0.2) is 12.8 Å². The summed E-state index contributed by atoms with van der Waals surface area (Å²) in [5, 5.41) is 3.91. The van der Waals surface area contributed by atoms with Gasteiger partial charge < -0.3 is 0 Å². The summed E-state index contributed by atoms with van der Waals surface area (Å²) in [5.74, 6) is -0.313. The first-order chi connectivity index (χ1) is 14.0. The molecule has 3 heterocycles. The molecule has 2 aliphatic heterocycles. The van der Waals surface area contributed by atoms with Crippen LogP contribution in [-0.2, 0) is 22.9 Å². The lowest BCUT2D eigenvalue weighted by Gasteiger charge is -2.16. The predicted molar refractivity (Wildman–Crippen MR) is 109 cm³/mol. The molecule has 0 unspecified atom stereocenters. The molecule has 2 aliphatic rings. The fraction of sp³-hybridized carbons (Fsp3) is 0.318. The first kappa shape index (κ1) is 18.5. The van der Waals surface area contributed by atoms with Crippen molar-refractivity contribution >= 4 is 9.84 Å². The molecule has 150 valence electrons. The molecule has 1 fully saturated rings. The second-order valence-electron chi connectivity index (χ2n) is 7.85. The van der Waals surface area contributed by atoms with Gasteiger partial charge in [0.15, 0.2) is 9.84 Å². The summed E-state index contributed by atoms with van der Waals surface area (Å²) in [5.41, 5.74) is 3.80. The van der Waals surface area contributed by atoms with Crippen LogP contribution >= 0.6 is 0 Å². The van der Waals surface area contributed by atoms with Crippen molar-refractivity contribution < 1.29 is 12.8 Å². The molecule has 7 heteroatoms. The van der Waals surface area contributed by atoms with Crippen molar-refractivity contribution in [2.24, 2.45) is 0 Å². The van der Waals surface area contributed by atoms with Crippen LogP contribution in [0.4, 0.5) is 4.39 Å². The third-order valence-electron chi connectivity index (χ3n) is 6.05. The predicted octanol–water partition coefficient (Wildman–Crippen LogP) is 3.46. The molecule has 0 bridgehead atoms. The zero-order valence-corrected chi connectivity index (χ0v) is 16.9. The van der Waals surface area contributed by atoms with E-state index in [1.54, 1.807) is 18.2 Å². The quantitative estimate of drug-likeness (QED) is 0.660. The van der Waals surface area contributed by atoms with Gasteiger partial charge in [-0.05, 0) is 47.9 Å². The van der Waals surface area contributed by atoms with Crippen LogP contribution in [0, 0.1) is 5.82 Å². The standard InChI is InChI=1S/C22H22FN3O2S/c1-2-26-12-15(10-24-26)11-25-13-20-19-9-17(16-3-6-18(23)7-4-16)5-8-21(19)29(27,28)22(20)14-25/h3-10,12,20,22H,2,11,13-14H2,1H3/t20-,22+/m0/s1. The number of nitrogens with zero attached hydrogens (tertiary/aromatic N) is 3. The summed E-state index contributed by atoms with van der Waals surface area (Å²) in [7, 11) is -3.34. The lowest BCUT2D eigenvalue weighted by Crippen LogP contribution is -2.25. The number of likely N-dealkylation sites (tertiary alicyclic amines) is 1. The molecule has 0 aliphatic carbocycles. The fourth-order valence-corrected chi connectivity index (χ4v) is 6.79. The van der Waals surface area contributed by atoms with Crippen LogP contribution in [0.2, 0.25) is 0 Å². The van der Waals surface area contributed by atoms with Crippen LogP contribution in [0.15, 0.2) is 59.8 Å². The minimum absolute atomic E-state index is 0.0309. The van der Waals surface area contributed by atoms with Crippen molar-refractivity contribution in [1.29, 1.82) is 0 Å². The Labute approximate surface area is 169 Å². The molecular formula is C22H22FN3O2S. The summed E-state index contributed by atoms with van der Waals surface area (Å²) in [4.78, 5) is 2.66. The summed E-state index contributed by atoms with van der Waals surface area (Å²) < 4.78 is 41.4. The monoisotopic (exact) mass is 411 g/mol. The smallest absolute Gasteiger partial charge is 0.183 e. The summed E-state index contributed by atoms with van der Waals surface area (Å²) >= 11 is 0. The van der Waals surface area contributed by atoms with Gasteiger partial charge in [-0.15, -0.1) is 0 Å². The molecule has 0 saturated carbocycles. The van der Waals surface area contributed by atoms with E-state index in [1.807, 2.05) is 36.1 Å². The first-order valence-corrected chi connectivity index (χ1v) is 11.4. The van der Waals surface area contributed by atoms with Gasteiger partial charge in [-0.3, -0.25) is 9.58 Å². The summed E-state index contributed by atoms with van der Waals surface area (Å²) in [6.45, 7) is 4.81. The first-order valence-electron chi connectivity index (χ1n) is 9.83. The Balaban J connectivity index is 1.45. The third kappa shape index (κ3) is 3.09. The number of halogens is 1. The maximum absolute atomic E-state index is 13.3. The number of benzene rings is 2. The van der Waals surface area contributed by atoms with Crippen LogP contribution < -0.4 is 0 Å². The Morgan fingerprint density at radius 1 is 1.10 bits per heavy atom. The Bertz CT molecular complexity index is 1170. The van der Waals surface area contributed by atoms with Crippen LogP contribution in [-0.4, -0.2) is 41.4 Å². The van der Waals surface area contributed by atoms with Crippen molar-refractivity contribution in [2.45, 2.75) is 36.1 Å². The van der Waals surface area contributed by atoms with Gasteiger partial charge in [0.05, 0.1) is 16.3 Å². The minimum atomic E-state index is -3.34. The van der Waals surface area contributed by atoms with E-state index in [-0.39, 0.29) is 11.7 Å².